The van der Waals surface area contributed by atoms with Crippen LogP contribution in [-0.2, 0) is 4.79 Å². The van der Waals surface area contributed by atoms with E-state index in [0.29, 0.717) is 0 Å². The lowest BCUT2D eigenvalue weighted by atomic mass is 10.5. The Bertz CT molecular complexity index is 97.7. The molecule has 0 bridgehead atoms. The van der Waals surface area contributed by atoms with E-state index < -0.39 is 8.07 Å². The lowest BCUT2D eigenvalue weighted by Crippen LogP contribution is -2.24. The van der Waals surface area contributed by atoms with Crippen LogP contribution in [0.2, 0.25) is 25.7 Å². The van der Waals surface area contributed by atoms with E-state index in [2.05, 4.69) is 19.6 Å². The van der Waals surface area contributed by atoms with Crippen LogP contribution in [0, 0.1) is 0 Å². The summed E-state index contributed by atoms with van der Waals surface area (Å²) in [5.41, 5.74) is 0. The summed E-state index contributed by atoms with van der Waals surface area (Å²) in [6.07, 6.45) is 0.819. The van der Waals surface area contributed by atoms with Gasteiger partial charge in [-0.3, -0.25) is 0 Å². The molecule has 0 heterocycles. The SMILES string of the molecule is C[Si](C)(C)CC(Cl)C=O. The molecule has 0 rings (SSSR count). The van der Waals surface area contributed by atoms with E-state index in [-0.39, 0.29) is 5.38 Å². The average molecular weight is 165 g/mol. The number of halogens is 1. The molecule has 1 unspecified atom stereocenters. The molecule has 54 valence electrons. The lowest BCUT2D eigenvalue weighted by molar-refractivity contribution is -0.107. The summed E-state index contributed by atoms with van der Waals surface area (Å²) in [6, 6.07) is 0.887. The molecule has 3 heteroatoms. The third-order valence-electron chi connectivity index (χ3n) is 0.955. The van der Waals surface area contributed by atoms with Gasteiger partial charge in [0.15, 0.2) is 0 Å². The number of alkyl halides is 1. The highest BCUT2D eigenvalue weighted by molar-refractivity contribution is 6.77. The number of hydrogen-bond acceptors (Lipinski definition) is 1. The van der Waals surface area contributed by atoms with Crippen molar-refractivity contribution >= 4 is 26.0 Å². The Morgan fingerprint density at radius 2 is 2.00 bits per heavy atom. The van der Waals surface area contributed by atoms with Gasteiger partial charge in [0.2, 0.25) is 0 Å². The molecule has 0 N–H and O–H groups in total. The van der Waals surface area contributed by atoms with Gasteiger partial charge in [-0.1, -0.05) is 19.6 Å². The molecule has 0 fully saturated rings. The maximum Gasteiger partial charge on any atom is 0.137 e. The van der Waals surface area contributed by atoms with E-state index in [1.807, 2.05) is 0 Å². The first kappa shape index (κ1) is 9.18. The van der Waals surface area contributed by atoms with Crippen molar-refractivity contribution < 1.29 is 4.79 Å². The van der Waals surface area contributed by atoms with Gasteiger partial charge in [0, 0.05) is 8.07 Å². The minimum Gasteiger partial charge on any atom is -0.302 e. The minimum atomic E-state index is -1.10. The monoisotopic (exact) mass is 164 g/mol. The smallest absolute Gasteiger partial charge is 0.137 e. The Morgan fingerprint density at radius 3 is 2.11 bits per heavy atom. The third-order valence-corrected chi connectivity index (χ3v) is 3.14. The lowest BCUT2D eigenvalue weighted by Gasteiger charge is -2.15. The zero-order valence-corrected chi connectivity index (χ0v) is 7.90. The molecule has 1 atom stereocenters. The molecule has 0 aliphatic rings. The predicted molar refractivity (Wildman–Crippen MR) is 43.9 cm³/mol. The number of hydrogen-bond donors (Lipinski definition) is 0. The second-order valence-corrected chi connectivity index (χ2v) is 9.51. The summed E-state index contributed by atoms with van der Waals surface area (Å²) >= 11 is 5.62. The first-order chi connectivity index (χ1) is 3.95. The first-order valence-electron chi connectivity index (χ1n) is 3.05. The highest BCUT2D eigenvalue weighted by Gasteiger charge is 2.17. The zero-order valence-electron chi connectivity index (χ0n) is 6.15. The average Bonchev–Trinajstić information content (AvgIpc) is 1.62. The quantitative estimate of drug-likeness (QED) is 0.355. The van der Waals surface area contributed by atoms with Crippen LogP contribution in [0.15, 0.2) is 0 Å². The topological polar surface area (TPSA) is 17.1 Å². The van der Waals surface area contributed by atoms with Crippen LogP contribution in [0.4, 0.5) is 0 Å². The third kappa shape index (κ3) is 6.06. The first-order valence-corrected chi connectivity index (χ1v) is 7.19. The van der Waals surface area contributed by atoms with Crippen molar-refractivity contribution in [1.82, 2.24) is 0 Å². The van der Waals surface area contributed by atoms with Crippen LogP contribution in [0.5, 0.6) is 0 Å². The molecule has 0 aromatic heterocycles. The molecule has 0 saturated heterocycles. The Hall–Kier alpha value is 0.177. The molecule has 9 heavy (non-hydrogen) atoms. The second-order valence-electron chi connectivity index (χ2n) is 3.42. The van der Waals surface area contributed by atoms with Crippen molar-refractivity contribution in [3.8, 4) is 0 Å². The highest BCUT2D eigenvalue weighted by Crippen LogP contribution is 2.13. The van der Waals surface area contributed by atoms with Crippen molar-refractivity contribution in [3.05, 3.63) is 0 Å². The van der Waals surface area contributed by atoms with E-state index in [0.717, 1.165) is 12.3 Å². The number of carbonyl (C=O) groups excluding carboxylic acids is 1. The predicted octanol–water partition coefficient (Wildman–Crippen LogP) is 2.13. The molecule has 0 amide bonds. The van der Waals surface area contributed by atoms with Crippen molar-refractivity contribution in [2.45, 2.75) is 31.1 Å². The van der Waals surface area contributed by atoms with Gasteiger partial charge in [-0.25, -0.2) is 0 Å². The highest BCUT2D eigenvalue weighted by atomic mass is 35.5. The summed E-state index contributed by atoms with van der Waals surface area (Å²) < 4.78 is 0. The van der Waals surface area contributed by atoms with Gasteiger partial charge >= 0.3 is 0 Å². The van der Waals surface area contributed by atoms with Gasteiger partial charge in [0.25, 0.3) is 0 Å². The summed E-state index contributed by atoms with van der Waals surface area (Å²) in [6.45, 7) is 6.60. The molecule has 0 spiro atoms. The van der Waals surface area contributed by atoms with Crippen LogP contribution in [-0.4, -0.2) is 19.7 Å². The van der Waals surface area contributed by atoms with Crippen molar-refractivity contribution in [2.75, 3.05) is 0 Å². The van der Waals surface area contributed by atoms with Crippen LogP contribution < -0.4 is 0 Å². The van der Waals surface area contributed by atoms with Gasteiger partial charge in [-0.05, 0) is 6.04 Å². The Kier molecular flexibility index (Phi) is 3.44. The number of aldehydes is 1. The Morgan fingerprint density at radius 1 is 1.56 bits per heavy atom. The van der Waals surface area contributed by atoms with E-state index >= 15 is 0 Å². The summed E-state index contributed by atoms with van der Waals surface area (Å²) in [4.78, 5) is 10.1. The Labute approximate surface area is 62.4 Å². The fraction of sp³-hybridized carbons (Fsp3) is 0.833. The standard InChI is InChI=1S/C6H13ClOSi/c1-9(2,3)5-6(7)4-8/h4,6H,5H2,1-3H3. The van der Waals surface area contributed by atoms with Gasteiger partial charge in [0.05, 0.1) is 5.38 Å². The molecular formula is C6H13ClOSi. The number of carbonyl (C=O) groups is 1. The van der Waals surface area contributed by atoms with Crippen molar-refractivity contribution in [3.63, 3.8) is 0 Å². The molecule has 0 radical (unpaired) electrons. The fourth-order valence-electron chi connectivity index (χ4n) is 0.633. The second kappa shape index (κ2) is 3.37. The van der Waals surface area contributed by atoms with Gasteiger partial charge in [-0.2, -0.15) is 0 Å². The van der Waals surface area contributed by atoms with Crippen LogP contribution in [0.25, 0.3) is 0 Å². The maximum atomic E-state index is 10.1. The molecule has 0 saturated carbocycles. The van der Waals surface area contributed by atoms with Crippen LogP contribution in [0.1, 0.15) is 0 Å². The van der Waals surface area contributed by atoms with Gasteiger partial charge in [0.1, 0.15) is 6.29 Å². The van der Waals surface area contributed by atoms with E-state index in [1.54, 1.807) is 0 Å². The summed E-state index contributed by atoms with van der Waals surface area (Å²) in [5, 5.41) is -0.253. The Balaban J connectivity index is 3.59. The molecule has 0 aliphatic heterocycles. The number of rotatable bonds is 3. The van der Waals surface area contributed by atoms with E-state index in [9.17, 15) is 4.79 Å². The van der Waals surface area contributed by atoms with Crippen LogP contribution >= 0.6 is 11.6 Å². The van der Waals surface area contributed by atoms with Crippen molar-refractivity contribution in [1.29, 1.82) is 0 Å². The molecule has 1 nitrogen and oxygen atoms in total. The molecule has 0 aromatic carbocycles. The van der Waals surface area contributed by atoms with Crippen molar-refractivity contribution in [2.24, 2.45) is 0 Å². The van der Waals surface area contributed by atoms with E-state index in [4.69, 9.17) is 11.6 Å². The summed E-state index contributed by atoms with van der Waals surface area (Å²) in [7, 11) is -1.10. The van der Waals surface area contributed by atoms with E-state index in [1.165, 1.54) is 0 Å². The maximum absolute atomic E-state index is 10.1. The molecule has 0 aliphatic carbocycles. The van der Waals surface area contributed by atoms with Gasteiger partial charge < -0.3 is 4.79 Å². The largest absolute Gasteiger partial charge is 0.302 e. The molecule has 0 aromatic rings. The summed E-state index contributed by atoms with van der Waals surface area (Å²) in [5.74, 6) is 0. The normalized spacial score (nSPS) is 15.1. The fourth-order valence-corrected chi connectivity index (χ4v) is 3.29. The molecular weight excluding hydrogens is 152 g/mol. The van der Waals surface area contributed by atoms with Gasteiger partial charge in [-0.15, -0.1) is 11.6 Å². The minimum absolute atomic E-state index is 0.253. The van der Waals surface area contributed by atoms with Crippen LogP contribution in [0.3, 0.4) is 0 Å². The zero-order chi connectivity index (χ0) is 7.49.